The highest BCUT2D eigenvalue weighted by Gasteiger charge is 2.26. The fourth-order valence-corrected chi connectivity index (χ4v) is 4.75. The molecule has 0 bridgehead atoms. The largest absolute Gasteiger partial charge is 0.243 e. The van der Waals surface area contributed by atoms with Crippen molar-refractivity contribution in [2.24, 2.45) is 0 Å². The molecule has 1 atom stereocenters. The third kappa shape index (κ3) is 2.89. The molecule has 0 radical (unpaired) electrons. The highest BCUT2D eigenvalue weighted by molar-refractivity contribution is 7.89. The summed E-state index contributed by atoms with van der Waals surface area (Å²) in [5.74, 6) is 0.374. The van der Waals surface area contributed by atoms with E-state index in [0.717, 1.165) is 9.75 Å². The smallest absolute Gasteiger partial charge is 0.207 e. The van der Waals surface area contributed by atoms with Gasteiger partial charge in [0, 0.05) is 29.3 Å². The minimum atomic E-state index is -3.48. The molecule has 2 heterocycles. The molecule has 0 saturated heterocycles. The van der Waals surface area contributed by atoms with Crippen molar-refractivity contribution in [2.45, 2.75) is 31.6 Å². The molecular weight excluding hydrogens is 298 g/mol. The fourth-order valence-electron chi connectivity index (χ4n) is 1.98. The predicted octanol–water partition coefficient (Wildman–Crippen LogP) is 1.30. The van der Waals surface area contributed by atoms with Gasteiger partial charge in [-0.2, -0.15) is 5.21 Å². The quantitative estimate of drug-likeness (QED) is 0.898. The molecule has 2 aromatic rings. The van der Waals surface area contributed by atoms with Crippen molar-refractivity contribution in [3.05, 3.63) is 21.6 Å². The molecule has 0 unspecified atom stereocenters. The van der Waals surface area contributed by atoms with E-state index in [4.69, 9.17) is 0 Å². The molecule has 1 N–H and O–H groups in total. The lowest BCUT2D eigenvalue weighted by Crippen LogP contribution is -2.31. The summed E-state index contributed by atoms with van der Waals surface area (Å²) in [6.07, 6.45) is 0. The summed E-state index contributed by atoms with van der Waals surface area (Å²) >= 11 is 1.48. The molecular formula is C11H17N5O2S2. The number of H-pyrrole nitrogens is 1. The Balaban J connectivity index is 2.20. The number of tetrazole rings is 1. The van der Waals surface area contributed by atoms with Crippen LogP contribution in [0.2, 0.25) is 0 Å². The minimum Gasteiger partial charge on any atom is -0.207 e. The first kappa shape index (κ1) is 15.1. The number of thiophene rings is 1. The van der Waals surface area contributed by atoms with Crippen LogP contribution in [0.4, 0.5) is 0 Å². The predicted molar refractivity (Wildman–Crippen MR) is 76.2 cm³/mol. The summed E-state index contributed by atoms with van der Waals surface area (Å²) in [5.41, 5.74) is 0. The van der Waals surface area contributed by atoms with Crippen molar-refractivity contribution in [2.75, 3.05) is 13.6 Å². The molecule has 9 heteroatoms. The summed E-state index contributed by atoms with van der Waals surface area (Å²) in [7, 11) is -1.91. The second kappa shape index (κ2) is 5.58. The van der Waals surface area contributed by atoms with Gasteiger partial charge in [0.25, 0.3) is 0 Å². The van der Waals surface area contributed by atoms with Crippen LogP contribution >= 0.6 is 11.3 Å². The molecule has 20 heavy (non-hydrogen) atoms. The summed E-state index contributed by atoms with van der Waals surface area (Å²) < 4.78 is 26.4. The molecule has 7 nitrogen and oxygen atoms in total. The maximum Gasteiger partial charge on any atom is 0.243 e. The fraction of sp³-hybridized carbons (Fsp3) is 0.545. The number of hydrogen-bond acceptors (Lipinski definition) is 6. The van der Waals surface area contributed by atoms with Gasteiger partial charge >= 0.3 is 0 Å². The van der Waals surface area contributed by atoms with Gasteiger partial charge in [0.15, 0.2) is 5.82 Å². The third-order valence-electron chi connectivity index (χ3n) is 3.02. The second-order valence-corrected chi connectivity index (χ2v) is 8.21. The first-order valence-electron chi connectivity index (χ1n) is 6.09. The highest BCUT2D eigenvalue weighted by Crippen LogP contribution is 2.27. The molecule has 2 aromatic heterocycles. The van der Waals surface area contributed by atoms with Gasteiger partial charge in [-0.05, 0) is 19.9 Å². The van der Waals surface area contributed by atoms with Crippen molar-refractivity contribution in [3.63, 3.8) is 0 Å². The zero-order valence-corrected chi connectivity index (χ0v) is 13.4. The number of likely N-dealkylation sites (N-methyl/N-ethyl adjacent to an activating group) is 1. The van der Waals surface area contributed by atoms with Crippen LogP contribution < -0.4 is 0 Å². The van der Waals surface area contributed by atoms with Gasteiger partial charge in [-0.15, -0.1) is 21.5 Å². The van der Waals surface area contributed by atoms with E-state index >= 15 is 0 Å². The second-order valence-electron chi connectivity index (χ2n) is 4.73. The summed E-state index contributed by atoms with van der Waals surface area (Å²) in [6, 6.07) is 1.71. The lowest BCUT2D eigenvalue weighted by Gasteiger charge is -2.19. The minimum absolute atomic E-state index is 0.131. The van der Waals surface area contributed by atoms with E-state index in [2.05, 4.69) is 20.6 Å². The molecule has 0 aliphatic heterocycles. The Bertz CT molecular complexity index is 678. The number of nitrogens with one attached hydrogen (secondary N) is 1. The van der Waals surface area contributed by atoms with Crippen molar-refractivity contribution >= 4 is 21.4 Å². The van der Waals surface area contributed by atoms with E-state index in [1.807, 2.05) is 20.8 Å². The average Bonchev–Trinajstić information content (AvgIpc) is 2.98. The SMILES string of the molecule is Cc1cc(S(=O)(=O)N(C)C[C@H](C)c2nn[nH]n2)c(C)s1. The average molecular weight is 315 g/mol. The Morgan fingerprint density at radius 3 is 2.65 bits per heavy atom. The molecule has 2 rings (SSSR count). The van der Waals surface area contributed by atoms with Crippen molar-refractivity contribution in [3.8, 4) is 0 Å². The van der Waals surface area contributed by atoms with E-state index in [1.54, 1.807) is 13.1 Å². The number of rotatable bonds is 5. The zero-order chi connectivity index (χ0) is 14.9. The lowest BCUT2D eigenvalue weighted by molar-refractivity contribution is 0.439. The standard InChI is InChI=1S/C11H17N5O2S2/c1-7(11-12-14-15-13-11)6-16(4)20(17,18)10-5-8(2)19-9(10)3/h5,7H,6H2,1-4H3,(H,12,13,14,15)/t7-/m0/s1. The van der Waals surface area contributed by atoms with Gasteiger partial charge < -0.3 is 0 Å². The number of aryl methyl sites for hydroxylation is 2. The van der Waals surface area contributed by atoms with Gasteiger partial charge in [0.1, 0.15) is 0 Å². The van der Waals surface area contributed by atoms with E-state index in [0.29, 0.717) is 17.3 Å². The van der Waals surface area contributed by atoms with Crippen LogP contribution in [-0.4, -0.2) is 46.9 Å². The van der Waals surface area contributed by atoms with Gasteiger partial charge in [-0.3, -0.25) is 0 Å². The van der Waals surface area contributed by atoms with Crippen LogP contribution in [0.1, 0.15) is 28.4 Å². The van der Waals surface area contributed by atoms with E-state index in [9.17, 15) is 8.42 Å². The molecule has 0 spiro atoms. The molecule has 0 aliphatic rings. The third-order valence-corrected chi connectivity index (χ3v) is 6.06. The monoisotopic (exact) mass is 315 g/mol. The van der Waals surface area contributed by atoms with Crippen LogP contribution in [0.25, 0.3) is 0 Å². The Kier molecular flexibility index (Phi) is 4.21. The van der Waals surface area contributed by atoms with Gasteiger partial charge in [-0.25, -0.2) is 12.7 Å². The van der Waals surface area contributed by atoms with Crippen LogP contribution in [0.15, 0.2) is 11.0 Å². The van der Waals surface area contributed by atoms with Crippen LogP contribution in [-0.2, 0) is 10.0 Å². The number of hydrogen-bond donors (Lipinski definition) is 1. The van der Waals surface area contributed by atoms with E-state index in [-0.39, 0.29) is 5.92 Å². The van der Waals surface area contributed by atoms with Gasteiger partial charge in [0.05, 0.1) is 4.90 Å². The number of nitrogens with zero attached hydrogens (tertiary/aromatic N) is 4. The van der Waals surface area contributed by atoms with Gasteiger partial charge in [0.2, 0.25) is 10.0 Å². The van der Waals surface area contributed by atoms with Crippen LogP contribution in [0.3, 0.4) is 0 Å². The molecule has 0 aromatic carbocycles. The van der Waals surface area contributed by atoms with E-state index in [1.165, 1.54) is 15.6 Å². The zero-order valence-electron chi connectivity index (χ0n) is 11.8. The van der Waals surface area contributed by atoms with Gasteiger partial charge in [-0.1, -0.05) is 12.1 Å². The molecule has 0 fully saturated rings. The molecule has 0 saturated carbocycles. The first-order chi connectivity index (χ1) is 9.32. The Hall–Kier alpha value is -1.32. The number of aromatic nitrogens is 4. The summed E-state index contributed by atoms with van der Waals surface area (Å²) in [5, 5.41) is 13.6. The summed E-state index contributed by atoms with van der Waals surface area (Å²) in [6.45, 7) is 5.89. The topological polar surface area (TPSA) is 91.8 Å². The maximum absolute atomic E-state index is 12.5. The highest BCUT2D eigenvalue weighted by atomic mass is 32.2. The Morgan fingerprint density at radius 1 is 1.45 bits per heavy atom. The first-order valence-corrected chi connectivity index (χ1v) is 8.34. The lowest BCUT2D eigenvalue weighted by atomic mass is 10.2. The van der Waals surface area contributed by atoms with Crippen molar-refractivity contribution in [1.29, 1.82) is 0 Å². The van der Waals surface area contributed by atoms with E-state index < -0.39 is 10.0 Å². The molecule has 0 aliphatic carbocycles. The van der Waals surface area contributed by atoms with Crippen LogP contribution in [0.5, 0.6) is 0 Å². The Morgan fingerprint density at radius 2 is 2.15 bits per heavy atom. The normalized spacial score (nSPS) is 13.8. The maximum atomic E-state index is 12.5. The Labute approximate surface area is 122 Å². The number of sulfonamides is 1. The number of aromatic amines is 1. The van der Waals surface area contributed by atoms with Crippen molar-refractivity contribution in [1.82, 2.24) is 24.9 Å². The molecule has 0 amide bonds. The van der Waals surface area contributed by atoms with Crippen molar-refractivity contribution < 1.29 is 8.42 Å². The van der Waals surface area contributed by atoms with Crippen LogP contribution in [0, 0.1) is 13.8 Å². The molecule has 110 valence electrons. The summed E-state index contributed by atoms with van der Waals surface area (Å²) in [4.78, 5) is 2.17.